The Kier molecular flexibility index (Phi) is 48.3. The Labute approximate surface area is 476 Å². The lowest BCUT2D eigenvalue weighted by Crippen LogP contribution is -2.61. The molecule has 1 saturated heterocycles. The predicted molar refractivity (Wildman–Crippen MR) is 321 cm³/mol. The fraction of sp³-hybridized carbons (Fsp3) is 0.582. The molecule has 0 radical (unpaired) electrons. The molecule has 0 saturated carbocycles. The van der Waals surface area contributed by atoms with Gasteiger partial charge in [0.05, 0.1) is 6.61 Å². The van der Waals surface area contributed by atoms with Crippen LogP contribution in [0.5, 0.6) is 0 Å². The average Bonchev–Trinajstić information content (AvgIpc) is 3.44. The number of rotatable bonds is 48. The Hall–Kier alpha value is -5.40. The Balaban J connectivity index is 2.76. The zero-order valence-electron chi connectivity index (χ0n) is 48.5. The summed E-state index contributed by atoms with van der Waals surface area (Å²) in [5, 5.41) is 31.5. The Morgan fingerprint density at radius 1 is 0.418 bits per heavy atom. The molecule has 0 aromatic heterocycles. The number of unbranched alkanes of at least 4 members (excludes halogenated alkanes) is 10. The summed E-state index contributed by atoms with van der Waals surface area (Å²) >= 11 is 0. The van der Waals surface area contributed by atoms with Crippen LogP contribution in [0.15, 0.2) is 146 Å². The van der Waals surface area contributed by atoms with Crippen LogP contribution < -0.4 is 0 Å². The van der Waals surface area contributed by atoms with Crippen molar-refractivity contribution in [1.82, 2.24) is 0 Å². The fourth-order valence-corrected chi connectivity index (χ4v) is 7.93. The van der Waals surface area contributed by atoms with Crippen molar-refractivity contribution in [3.8, 4) is 0 Å². The van der Waals surface area contributed by atoms with E-state index in [1.807, 2.05) is 0 Å². The maximum atomic E-state index is 13.2. The van der Waals surface area contributed by atoms with Crippen molar-refractivity contribution in [2.45, 2.75) is 237 Å². The molecule has 0 bridgehead atoms. The van der Waals surface area contributed by atoms with E-state index in [4.69, 9.17) is 23.7 Å². The van der Waals surface area contributed by atoms with Gasteiger partial charge in [-0.2, -0.15) is 0 Å². The molecule has 0 aromatic rings. The first-order valence-corrected chi connectivity index (χ1v) is 29.8. The minimum Gasteiger partial charge on any atom is -0.479 e. The fourth-order valence-electron chi connectivity index (χ4n) is 7.93. The lowest BCUT2D eigenvalue weighted by Gasteiger charge is -2.40. The molecule has 1 heterocycles. The number of carbonyl (C=O) groups is 4. The third kappa shape index (κ3) is 43.1. The highest BCUT2D eigenvalue weighted by atomic mass is 16.7. The number of aliphatic hydroxyl groups excluding tert-OH is 2. The van der Waals surface area contributed by atoms with E-state index in [2.05, 4.69) is 167 Å². The van der Waals surface area contributed by atoms with Crippen LogP contribution >= 0.6 is 0 Å². The number of carboxylic acid groups (broad SMARTS) is 1. The third-order valence-corrected chi connectivity index (χ3v) is 12.4. The molecule has 1 aliphatic heterocycles. The Morgan fingerprint density at radius 3 is 1.15 bits per heavy atom. The van der Waals surface area contributed by atoms with Gasteiger partial charge in [0, 0.05) is 19.3 Å². The average molecular weight is 1100 g/mol. The van der Waals surface area contributed by atoms with E-state index in [-0.39, 0.29) is 25.9 Å². The highest BCUT2D eigenvalue weighted by Crippen LogP contribution is 2.26. The molecule has 79 heavy (non-hydrogen) atoms. The number of aliphatic hydroxyl groups is 2. The second-order valence-corrected chi connectivity index (χ2v) is 19.5. The van der Waals surface area contributed by atoms with Crippen LogP contribution in [0.25, 0.3) is 0 Å². The van der Waals surface area contributed by atoms with E-state index in [0.29, 0.717) is 19.3 Å². The standard InChI is InChI=1S/C67H102O12/c1-4-7-10-13-16-19-22-25-27-29-30-32-33-36-38-41-44-47-50-53-59(68)75-56-58(77-60(69)54-51-48-45-42-40-37-34-31-28-26-23-20-17-14-11-8-5-2)57-76-67-65(63(72)62(71)64(79-67)66(73)74)78-61(70)55-52-49-46-43-39-35-24-21-18-15-12-9-6-3/h7-12,16-21,25-28,30,32,34-39,58,62-65,67,71-72H,4-6,13-15,22-24,29,31,33,40-57H2,1-3H3,(H,73,74)/b10-7-,11-8-,12-9-,19-16-,20-17-,21-18-,27-25-,28-26-,32-30-,37-34-,38-36-,39-35-. The van der Waals surface area contributed by atoms with Gasteiger partial charge in [-0.3, -0.25) is 14.4 Å². The quantitative estimate of drug-likeness (QED) is 0.0228. The van der Waals surface area contributed by atoms with Gasteiger partial charge in [-0.25, -0.2) is 4.79 Å². The summed E-state index contributed by atoms with van der Waals surface area (Å²) in [5.74, 6) is -3.26. The van der Waals surface area contributed by atoms with Crippen molar-refractivity contribution in [3.05, 3.63) is 146 Å². The maximum absolute atomic E-state index is 13.2. The topological polar surface area (TPSA) is 175 Å². The van der Waals surface area contributed by atoms with Crippen molar-refractivity contribution in [2.75, 3.05) is 13.2 Å². The summed E-state index contributed by atoms with van der Waals surface area (Å²) in [5.41, 5.74) is 0. The van der Waals surface area contributed by atoms with Gasteiger partial charge >= 0.3 is 23.9 Å². The molecular formula is C67H102O12. The smallest absolute Gasteiger partial charge is 0.335 e. The monoisotopic (exact) mass is 1100 g/mol. The molecule has 6 atom stereocenters. The van der Waals surface area contributed by atoms with Crippen LogP contribution in [0.3, 0.4) is 0 Å². The first-order chi connectivity index (χ1) is 38.6. The number of hydrogen-bond acceptors (Lipinski definition) is 11. The SMILES string of the molecule is CC/C=C\C/C=C\C/C=C\C/C=C\C/C=C\CCCCCC(=O)OCC(COC1OC(C(=O)O)C(O)C(O)C1OC(=O)CCCCC/C=C\C/C=C\C/C=C\CC)OC(=O)CCCCCC/C=C\C/C=C\C/C=C\C/C=C\CC. The molecule has 442 valence electrons. The number of allylic oxidation sites excluding steroid dienone is 24. The lowest BCUT2D eigenvalue weighted by molar-refractivity contribution is -0.301. The van der Waals surface area contributed by atoms with Crippen LogP contribution in [0.1, 0.15) is 201 Å². The van der Waals surface area contributed by atoms with Crippen LogP contribution in [0, 0.1) is 0 Å². The Bertz CT molecular complexity index is 1930. The molecule has 1 aliphatic rings. The van der Waals surface area contributed by atoms with Crippen molar-refractivity contribution in [1.29, 1.82) is 0 Å². The van der Waals surface area contributed by atoms with Crippen LogP contribution in [-0.4, -0.2) is 89.2 Å². The van der Waals surface area contributed by atoms with Crippen molar-refractivity contribution in [3.63, 3.8) is 0 Å². The number of carbonyl (C=O) groups excluding carboxylic acids is 3. The minimum atomic E-state index is -1.93. The number of esters is 3. The maximum Gasteiger partial charge on any atom is 0.335 e. The zero-order chi connectivity index (χ0) is 57.5. The molecule has 3 N–H and O–H groups in total. The lowest BCUT2D eigenvalue weighted by atomic mass is 9.98. The van der Waals surface area contributed by atoms with Crippen molar-refractivity contribution >= 4 is 23.9 Å². The van der Waals surface area contributed by atoms with Gasteiger partial charge in [0.25, 0.3) is 0 Å². The predicted octanol–water partition coefficient (Wildman–Crippen LogP) is 15.6. The van der Waals surface area contributed by atoms with Gasteiger partial charge in [0.1, 0.15) is 18.8 Å². The first kappa shape index (κ1) is 71.6. The molecule has 1 fully saturated rings. The highest BCUT2D eigenvalue weighted by Gasteiger charge is 2.50. The number of carboxylic acids is 1. The van der Waals surface area contributed by atoms with E-state index in [9.17, 15) is 34.5 Å². The second kappa shape index (κ2) is 53.3. The van der Waals surface area contributed by atoms with Crippen molar-refractivity contribution in [2.24, 2.45) is 0 Å². The van der Waals surface area contributed by atoms with Crippen LogP contribution in [0.4, 0.5) is 0 Å². The molecule has 12 nitrogen and oxygen atoms in total. The van der Waals surface area contributed by atoms with Crippen molar-refractivity contribution < 1.29 is 58.2 Å². The summed E-state index contributed by atoms with van der Waals surface area (Å²) in [4.78, 5) is 51.2. The summed E-state index contributed by atoms with van der Waals surface area (Å²) in [6, 6.07) is 0. The molecular weight excluding hydrogens is 997 g/mol. The van der Waals surface area contributed by atoms with Crippen LogP contribution in [0.2, 0.25) is 0 Å². The summed E-state index contributed by atoms with van der Waals surface area (Å²) in [6.45, 7) is 5.57. The van der Waals surface area contributed by atoms with E-state index in [0.717, 1.165) is 141 Å². The Morgan fingerprint density at radius 2 is 0.759 bits per heavy atom. The zero-order valence-corrected chi connectivity index (χ0v) is 48.5. The largest absolute Gasteiger partial charge is 0.479 e. The number of ether oxygens (including phenoxy) is 5. The second-order valence-electron chi connectivity index (χ2n) is 19.5. The third-order valence-electron chi connectivity index (χ3n) is 12.4. The molecule has 0 aliphatic carbocycles. The van der Waals surface area contributed by atoms with Gasteiger partial charge in [0.15, 0.2) is 24.6 Å². The number of aliphatic carboxylic acids is 1. The van der Waals surface area contributed by atoms with E-state index in [1.165, 1.54) is 0 Å². The van der Waals surface area contributed by atoms with Crippen LogP contribution in [-0.2, 0) is 42.9 Å². The number of hydrogen-bond donors (Lipinski definition) is 3. The molecule has 0 aromatic carbocycles. The normalized spacial score (nSPS) is 18.9. The van der Waals surface area contributed by atoms with Gasteiger partial charge in [-0.05, 0) is 135 Å². The first-order valence-electron chi connectivity index (χ1n) is 29.8. The van der Waals surface area contributed by atoms with E-state index >= 15 is 0 Å². The molecule has 1 rings (SSSR count). The molecule has 12 heteroatoms. The van der Waals surface area contributed by atoms with E-state index in [1.54, 1.807) is 0 Å². The summed E-state index contributed by atoms with van der Waals surface area (Å²) in [6.07, 6.45) is 63.9. The van der Waals surface area contributed by atoms with E-state index < -0.39 is 67.3 Å². The van der Waals surface area contributed by atoms with Gasteiger partial charge in [-0.1, -0.05) is 192 Å². The van der Waals surface area contributed by atoms with Gasteiger partial charge in [0.2, 0.25) is 0 Å². The molecule has 6 unspecified atom stereocenters. The van der Waals surface area contributed by atoms with Gasteiger partial charge in [-0.15, -0.1) is 0 Å². The summed E-state index contributed by atoms with van der Waals surface area (Å²) < 4.78 is 28.3. The molecule has 0 spiro atoms. The summed E-state index contributed by atoms with van der Waals surface area (Å²) in [7, 11) is 0. The highest BCUT2D eigenvalue weighted by molar-refractivity contribution is 5.74. The molecule has 0 amide bonds. The van der Waals surface area contributed by atoms with Gasteiger partial charge < -0.3 is 39.0 Å². The minimum absolute atomic E-state index is 0.0100.